The van der Waals surface area contributed by atoms with Crippen molar-refractivity contribution in [2.75, 3.05) is 12.5 Å². The second-order valence-corrected chi connectivity index (χ2v) is 5.62. The van der Waals surface area contributed by atoms with Gasteiger partial charge in [-0.05, 0) is 24.6 Å². The van der Waals surface area contributed by atoms with Crippen molar-refractivity contribution < 1.29 is 9.53 Å². The molecule has 0 aliphatic heterocycles. The summed E-state index contributed by atoms with van der Waals surface area (Å²) < 4.78 is 4.96. The highest BCUT2D eigenvalue weighted by molar-refractivity contribution is 7.99. The lowest BCUT2D eigenvalue weighted by Crippen LogP contribution is -2.41. The van der Waals surface area contributed by atoms with Gasteiger partial charge in [-0.1, -0.05) is 48.5 Å². The third-order valence-corrected chi connectivity index (χ3v) is 3.92. The molecule has 0 atom stereocenters. The molecular weight excluding hydrogens is 296 g/mol. The Hall–Kier alpha value is -1.98. The van der Waals surface area contributed by atoms with Crippen molar-refractivity contribution in [3.63, 3.8) is 0 Å². The van der Waals surface area contributed by atoms with Crippen LogP contribution < -0.4 is 5.43 Å². The highest BCUT2D eigenvalue weighted by atomic mass is 32.2. The lowest BCUT2D eigenvalue weighted by Gasteiger charge is -2.22. The fraction of sp³-hybridized carbons (Fsp3) is 0.235. The van der Waals surface area contributed by atoms with Gasteiger partial charge in [-0.2, -0.15) is 0 Å². The van der Waals surface area contributed by atoms with Crippen LogP contribution in [0.25, 0.3) is 0 Å². The molecule has 116 valence electrons. The molecule has 1 amide bonds. The maximum absolute atomic E-state index is 11.7. The van der Waals surface area contributed by atoms with Crippen molar-refractivity contribution >= 4 is 17.9 Å². The Bertz CT molecular complexity index is 563. The fourth-order valence-electron chi connectivity index (χ4n) is 1.88. The molecule has 0 aliphatic carbocycles. The topological polar surface area (TPSA) is 41.6 Å². The minimum absolute atomic E-state index is 0.358. The van der Waals surface area contributed by atoms with Gasteiger partial charge >= 0.3 is 6.09 Å². The zero-order valence-corrected chi connectivity index (χ0v) is 13.4. The molecule has 0 radical (unpaired) electrons. The molecule has 4 nitrogen and oxygen atoms in total. The summed E-state index contributed by atoms with van der Waals surface area (Å²) >= 11 is 1.66. The lowest BCUT2D eigenvalue weighted by atomic mass is 10.2. The largest absolute Gasteiger partial charge is 0.449 e. The van der Waals surface area contributed by atoms with Crippen LogP contribution in [0.5, 0.6) is 0 Å². The number of rotatable bonds is 7. The van der Waals surface area contributed by atoms with E-state index < -0.39 is 6.09 Å². The van der Waals surface area contributed by atoms with E-state index in [2.05, 4.69) is 17.6 Å². The van der Waals surface area contributed by atoms with Crippen molar-refractivity contribution in [3.05, 3.63) is 66.2 Å². The summed E-state index contributed by atoms with van der Waals surface area (Å²) in [5.74, 6) is 0.637. The maximum atomic E-state index is 11.7. The number of ether oxygens (including phenoxy) is 1. The van der Waals surface area contributed by atoms with Gasteiger partial charge < -0.3 is 4.74 Å². The van der Waals surface area contributed by atoms with Crippen molar-refractivity contribution in [3.8, 4) is 0 Å². The van der Waals surface area contributed by atoms with Crippen molar-refractivity contribution in [1.82, 2.24) is 10.4 Å². The summed E-state index contributed by atoms with van der Waals surface area (Å²) in [4.78, 5) is 12.8. The third kappa shape index (κ3) is 5.79. The van der Waals surface area contributed by atoms with E-state index in [9.17, 15) is 4.79 Å². The van der Waals surface area contributed by atoms with Crippen molar-refractivity contribution in [2.24, 2.45) is 0 Å². The summed E-state index contributed by atoms with van der Waals surface area (Å²) in [5.41, 5.74) is 3.92. The maximum Gasteiger partial charge on any atom is 0.421 e. The van der Waals surface area contributed by atoms with Gasteiger partial charge in [-0.15, -0.1) is 11.8 Å². The van der Waals surface area contributed by atoms with Crippen LogP contribution in [0, 0.1) is 0 Å². The van der Waals surface area contributed by atoms with Crippen molar-refractivity contribution in [1.29, 1.82) is 0 Å². The van der Waals surface area contributed by atoms with E-state index in [1.54, 1.807) is 18.7 Å². The first kappa shape index (κ1) is 16.4. The fourth-order valence-corrected chi connectivity index (χ4v) is 2.69. The molecule has 0 unspecified atom stereocenters. The molecule has 0 aliphatic rings. The number of thioether (sulfide) groups is 1. The molecule has 2 rings (SSSR count). The first-order chi connectivity index (χ1) is 10.8. The van der Waals surface area contributed by atoms with Gasteiger partial charge in [-0.3, -0.25) is 5.43 Å². The summed E-state index contributed by atoms with van der Waals surface area (Å²) in [6.45, 7) is 2.77. The first-order valence-electron chi connectivity index (χ1n) is 7.18. The number of nitrogens with zero attached hydrogens (tertiary/aromatic N) is 1. The van der Waals surface area contributed by atoms with E-state index in [1.807, 2.05) is 53.5 Å². The molecule has 0 bridgehead atoms. The number of nitrogens with one attached hydrogen (secondary N) is 1. The van der Waals surface area contributed by atoms with Gasteiger partial charge in [0.1, 0.15) is 0 Å². The van der Waals surface area contributed by atoms with E-state index in [1.165, 1.54) is 0 Å². The quantitative estimate of drug-likeness (QED) is 0.478. The number of carbonyl (C=O) groups is 1. The van der Waals surface area contributed by atoms with Crippen LogP contribution in [0.3, 0.4) is 0 Å². The van der Waals surface area contributed by atoms with Gasteiger partial charge in [0.25, 0.3) is 0 Å². The molecule has 0 spiro atoms. The van der Waals surface area contributed by atoms with Crippen LogP contribution >= 0.6 is 11.8 Å². The van der Waals surface area contributed by atoms with E-state index in [-0.39, 0.29) is 0 Å². The Morgan fingerprint density at radius 2 is 1.73 bits per heavy atom. The van der Waals surface area contributed by atoms with E-state index >= 15 is 0 Å². The smallest absolute Gasteiger partial charge is 0.421 e. The van der Waals surface area contributed by atoms with Gasteiger partial charge in [0.15, 0.2) is 0 Å². The highest BCUT2D eigenvalue weighted by Gasteiger charge is 2.11. The van der Waals surface area contributed by atoms with Crippen LogP contribution in [0.15, 0.2) is 65.6 Å². The number of hydrogen-bond donors (Lipinski definition) is 1. The Labute approximate surface area is 135 Å². The molecule has 0 saturated heterocycles. The van der Waals surface area contributed by atoms with Gasteiger partial charge in [-0.25, -0.2) is 9.80 Å². The molecule has 0 fully saturated rings. The number of amides is 1. The predicted molar refractivity (Wildman–Crippen MR) is 89.3 cm³/mol. The Balaban J connectivity index is 1.96. The van der Waals surface area contributed by atoms with E-state index in [0.29, 0.717) is 19.0 Å². The minimum atomic E-state index is -0.424. The summed E-state index contributed by atoms with van der Waals surface area (Å²) in [5, 5.41) is 1.85. The lowest BCUT2D eigenvalue weighted by molar-refractivity contribution is 0.115. The normalized spacial score (nSPS) is 10.5. The molecule has 5 heteroatoms. The van der Waals surface area contributed by atoms with Crippen LogP contribution in [0.4, 0.5) is 4.79 Å². The Morgan fingerprint density at radius 1 is 1.09 bits per heavy atom. The molecule has 0 saturated carbocycles. The average Bonchev–Trinajstić information content (AvgIpc) is 2.55. The van der Waals surface area contributed by atoms with Crippen LogP contribution in [-0.2, 0) is 11.3 Å². The van der Waals surface area contributed by atoms with Gasteiger partial charge in [0, 0.05) is 11.4 Å². The van der Waals surface area contributed by atoms with Crippen LogP contribution in [0.2, 0.25) is 0 Å². The zero-order valence-electron chi connectivity index (χ0n) is 12.6. The van der Waals surface area contributed by atoms with Crippen molar-refractivity contribution in [2.45, 2.75) is 18.4 Å². The molecule has 2 aromatic carbocycles. The summed E-state index contributed by atoms with van der Waals surface area (Å²) in [6, 6.07) is 20.1. The molecule has 1 N–H and O–H groups in total. The van der Waals surface area contributed by atoms with Gasteiger partial charge in [0.05, 0.1) is 12.5 Å². The second-order valence-electron chi connectivity index (χ2n) is 4.60. The molecule has 0 heterocycles. The molecule has 2 aromatic rings. The zero-order chi connectivity index (χ0) is 15.6. The highest BCUT2D eigenvalue weighted by Crippen LogP contribution is 2.18. The SMILES string of the molecule is CCOC(=O)NN(CSc1ccccc1)Cc1ccccc1. The third-order valence-electron chi connectivity index (χ3n) is 2.87. The molecular formula is C17H20N2O2S. The minimum Gasteiger partial charge on any atom is -0.449 e. The number of benzene rings is 2. The number of hydrogen-bond acceptors (Lipinski definition) is 4. The Morgan fingerprint density at radius 3 is 2.36 bits per heavy atom. The van der Waals surface area contributed by atoms with Crippen LogP contribution in [-0.4, -0.2) is 23.6 Å². The van der Waals surface area contributed by atoms with E-state index in [0.717, 1.165) is 10.5 Å². The number of carbonyl (C=O) groups excluding carboxylic acids is 1. The van der Waals surface area contributed by atoms with Crippen LogP contribution in [0.1, 0.15) is 12.5 Å². The summed E-state index contributed by atoms with van der Waals surface area (Å²) in [7, 11) is 0. The standard InChI is InChI=1S/C17H20N2O2S/c1-2-21-17(20)18-19(13-15-9-5-3-6-10-15)14-22-16-11-7-4-8-12-16/h3-12H,2,13-14H2,1H3,(H,18,20). The first-order valence-corrected chi connectivity index (χ1v) is 8.16. The second kappa shape index (κ2) is 9.12. The van der Waals surface area contributed by atoms with Gasteiger partial charge in [0.2, 0.25) is 0 Å². The molecule has 22 heavy (non-hydrogen) atoms. The summed E-state index contributed by atoms with van der Waals surface area (Å²) in [6.07, 6.45) is -0.424. The Kier molecular flexibility index (Phi) is 6.80. The monoisotopic (exact) mass is 316 g/mol. The van der Waals surface area contributed by atoms with E-state index in [4.69, 9.17) is 4.74 Å². The number of hydrazine groups is 1. The molecule has 0 aromatic heterocycles. The predicted octanol–water partition coefficient (Wildman–Crippen LogP) is 3.90. The average molecular weight is 316 g/mol.